The van der Waals surface area contributed by atoms with Crippen molar-refractivity contribution in [2.24, 2.45) is 0 Å². The van der Waals surface area contributed by atoms with E-state index < -0.39 is 5.54 Å². The molecule has 1 saturated carbocycles. The Morgan fingerprint density at radius 2 is 1.72 bits per heavy atom. The van der Waals surface area contributed by atoms with Crippen LogP contribution in [0.3, 0.4) is 0 Å². The Balaban J connectivity index is 1.39. The van der Waals surface area contributed by atoms with Crippen LogP contribution >= 0.6 is 0 Å². The summed E-state index contributed by atoms with van der Waals surface area (Å²) < 4.78 is 19.5. The van der Waals surface area contributed by atoms with Gasteiger partial charge in [-0.05, 0) is 73.9 Å². The van der Waals surface area contributed by atoms with Crippen LogP contribution in [0.15, 0.2) is 77.6 Å². The molecule has 0 radical (unpaired) electrons. The fourth-order valence-corrected chi connectivity index (χ4v) is 4.71. The Labute approximate surface area is 223 Å². The average Bonchev–Trinajstić information content (AvgIpc) is 3.65. The number of carbonyl (C=O) groups is 2. The lowest BCUT2D eigenvalue weighted by molar-refractivity contribution is 0.0926. The van der Waals surface area contributed by atoms with Gasteiger partial charge in [-0.25, -0.2) is 14.4 Å². The number of furan rings is 1. The number of fused-ring (bicyclic) bond motifs is 1. The van der Waals surface area contributed by atoms with E-state index in [1.165, 1.54) is 19.2 Å². The Morgan fingerprint density at radius 1 is 0.974 bits per heavy atom. The number of carbonyl (C=O) groups excluding carboxylic acids is 2. The van der Waals surface area contributed by atoms with E-state index in [1.807, 2.05) is 13.0 Å². The number of nitrogens with zero attached hydrogens (tertiary/aromatic N) is 3. The highest BCUT2D eigenvalue weighted by atomic mass is 19.1. The van der Waals surface area contributed by atoms with E-state index in [2.05, 4.69) is 25.6 Å². The number of rotatable bonds is 6. The lowest BCUT2D eigenvalue weighted by Gasteiger charge is -2.16. The van der Waals surface area contributed by atoms with Gasteiger partial charge in [-0.15, -0.1) is 0 Å². The van der Waals surface area contributed by atoms with Crippen molar-refractivity contribution >= 4 is 22.8 Å². The molecule has 6 rings (SSSR count). The predicted molar refractivity (Wildman–Crippen MR) is 143 cm³/mol. The molecule has 0 atom stereocenters. The van der Waals surface area contributed by atoms with E-state index in [0.29, 0.717) is 44.9 Å². The zero-order valence-electron chi connectivity index (χ0n) is 21.3. The molecule has 3 aromatic heterocycles. The van der Waals surface area contributed by atoms with Crippen LogP contribution in [0.25, 0.3) is 33.6 Å². The van der Waals surface area contributed by atoms with Crippen LogP contribution in [-0.4, -0.2) is 33.8 Å². The number of hydrogen-bond acceptors (Lipinski definition) is 6. The van der Waals surface area contributed by atoms with Gasteiger partial charge in [0.1, 0.15) is 17.1 Å². The Morgan fingerprint density at radius 3 is 2.41 bits per heavy atom. The number of aromatic nitrogens is 3. The molecule has 0 bridgehead atoms. The normalized spacial score (nSPS) is 13.7. The van der Waals surface area contributed by atoms with Gasteiger partial charge in [0.15, 0.2) is 11.4 Å². The molecule has 2 aromatic carbocycles. The van der Waals surface area contributed by atoms with Gasteiger partial charge in [0.25, 0.3) is 11.8 Å². The van der Waals surface area contributed by atoms with Crippen LogP contribution in [0.2, 0.25) is 0 Å². The third-order valence-electron chi connectivity index (χ3n) is 7.01. The van der Waals surface area contributed by atoms with Crippen LogP contribution < -0.4 is 10.6 Å². The molecule has 5 aromatic rings. The Hall–Kier alpha value is -4.92. The first kappa shape index (κ1) is 24.4. The summed E-state index contributed by atoms with van der Waals surface area (Å²) >= 11 is 0. The molecular formula is C30H24FN5O3. The highest BCUT2D eigenvalue weighted by Gasteiger charge is 2.48. The standard InChI is InChI=1S/C30H24FN5O3/c1-17-4-5-19(27(37)36-30(10-11-30)29-33-12-3-13-34-29)14-21(17)23-15-22-24(16-35-23)39-26(25(22)28(38)32-2)18-6-8-20(31)9-7-18/h3-9,12-16H,10-11H2,1-2H3,(H,32,38)(H,36,37). The van der Waals surface area contributed by atoms with Crippen LogP contribution in [0.1, 0.15) is 44.9 Å². The molecule has 8 nitrogen and oxygen atoms in total. The first-order valence-electron chi connectivity index (χ1n) is 12.5. The first-order chi connectivity index (χ1) is 18.9. The van der Waals surface area contributed by atoms with Crippen LogP contribution in [0.4, 0.5) is 4.39 Å². The summed E-state index contributed by atoms with van der Waals surface area (Å²) in [7, 11) is 1.54. The van der Waals surface area contributed by atoms with E-state index >= 15 is 0 Å². The van der Waals surface area contributed by atoms with Gasteiger partial charge >= 0.3 is 0 Å². The molecule has 0 unspecified atom stereocenters. The summed E-state index contributed by atoms with van der Waals surface area (Å²) in [6.45, 7) is 1.93. The Bertz CT molecular complexity index is 1730. The average molecular weight is 522 g/mol. The van der Waals surface area contributed by atoms with E-state index in [-0.39, 0.29) is 17.6 Å². The van der Waals surface area contributed by atoms with Gasteiger partial charge in [-0.1, -0.05) is 6.07 Å². The Kier molecular flexibility index (Phi) is 5.91. The molecule has 0 saturated heterocycles. The molecule has 1 fully saturated rings. The summed E-state index contributed by atoms with van der Waals surface area (Å²) in [5.74, 6) is -0.0192. The van der Waals surface area contributed by atoms with Crippen molar-refractivity contribution in [3.8, 4) is 22.6 Å². The van der Waals surface area contributed by atoms with Crippen molar-refractivity contribution in [1.82, 2.24) is 25.6 Å². The second-order valence-corrected chi connectivity index (χ2v) is 9.60. The maximum atomic E-state index is 13.5. The molecule has 194 valence electrons. The molecule has 2 N–H and O–H groups in total. The highest BCUT2D eigenvalue weighted by Crippen LogP contribution is 2.44. The largest absolute Gasteiger partial charge is 0.454 e. The van der Waals surface area contributed by atoms with Crippen molar-refractivity contribution in [2.45, 2.75) is 25.3 Å². The SMILES string of the molecule is CNC(=O)c1c(-c2ccc(F)cc2)oc2cnc(-c3cc(C(=O)NC4(c5ncccn5)CC4)ccc3C)cc12. The first-order valence-corrected chi connectivity index (χ1v) is 12.5. The minimum absolute atomic E-state index is 0.227. The van der Waals surface area contributed by atoms with E-state index in [0.717, 1.165) is 24.0 Å². The minimum atomic E-state index is -0.545. The van der Waals surface area contributed by atoms with Gasteiger partial charge in [0.2, 0.25) is 0 Å². The molecule has 1 aliphatic rings. The summed E-state index contributed by atoms with van der Waals surface area (Å²) in [5.41, 5.74) is 3.49. The van der Waals surface area contributed by atoms with Crippen molar-refractivity contribution in [3.05, 3.63) is 102 Å². The lowest BCUT2D eigenvalue weighted by Crippen LogP contribution is -2.36. The lowest BCUT2D eigenvalue weighted by atomic mass is 9.99. The van der Waals surface area contributed by atoms with Gasteiger partial charge < -0.3 is 15.1 Å². The summed E-state index contributed by atoms with van der Waals surface area (Å²) in [5, 5.41) is 6.33. The van der Waals surface area contributed by atoms with Crippen molar-refractivity contribution in [1.29, 1.82) is 0 Å². The van der Waals surface area contributed by atoms with Crippen LogP contribution in [0.5, 0.6) is 0 Å². The highest BCUT2D eigenvalue weighted by molar-refractivity contribution is 6.11. The number of hydrogen-bond donors (Lipinski definition) is 2. The van der Waals surface area contributed by atoms with Crippen molar-refractivity contribution < 1.29 is 18.4 Å². The number of amides is 2. The van der Waals surface area contributed by atoms with Crippen LogP contribution in [0, 0.1) is 12.7 Å². The second-order valence-electron chi connectivity index (χ2n) is 9.60. The molecule has 2 amide bonds. The maximum absolute atomic E-state index is 13.5. The van der Waals surface area contributed by atoms with Crippen LogP contribution in [-0.2, 0) is 5.54 Å². The van der Waals surface area contributed by atoms with Crippen molar-refractivity contribution in [3.63, 3.8) is 0 Å². The zero-order chi connectivity index (χ0) is 27.1. The molecule has 0 aliphatic heterocycles. The number of nitrogens with one attached hydrogen (secondary N) is 2. The minimum Gasteiger partial charge on any atom is -0.454 e. The molecule has 39 heavy (non-hydrogen) atoms. The smallest absolute Gasteiger partial charge is 0.255 e. The number of benzene rings is 2. The van der Waals surface area contributed by atoms with Gasteiger partial charge in [0.05, 0.1) is 17.5 Å². The van der Waals surface area contributed by atoms with E-state index in [9.17, 15) is 14.0 Å². The van der Waals surface area contributed by atoms with E-state index in [4.69, 9.17) is 4.42 Å². The molecule has 3 heterocycles. The maximum Gasteiger partial charge on any atom is 0.255 e. The predicted octanol–water partition coefficient (Wildman–Crippen LogP) is 5.18. The van der Waals surface area contributed by atoms with Gasteiger partial charge in [-0.2, -0.15) is 0 Å². The van der Waals surface area contributed by atoms with Crippen molar-refractivity contribution in [2.75, 3.05) is 7.05 Å². The van der Waals surface area contributed by atoms with Gasteiger partial charge in [0, 0.05) is 41.5 Å². The topological polar surface area (TPSA) is 110 Å². The quantitative estimate of drug-likeness (QED) is 0.319. The fourth-order valence-electron chi connectivity index (χ4n) is 4.71. The molecule has 1 aliphatic carbocycles. The molecular weight excluding hydrogens is 497 g/mol. The third-order valence-corrected chi connectivity index (χ3v) is 7.01. The number of aryl methyl sites for hydroxylation is 1. The number of pyridine rings is 1. The summed E-state index contributed by atoms with van der Waals surface area (Å²) in [4.78, 5) is 39.4. The van der Waals surface area contributed by atoms with E-state index in [1.54, 1.807) is 55.0 Å². The third kappa shape index (κ3) is 4.41. The second kappa shape index (κ2) is 9.43. The summed E-state index contributed by atoms with van der Waals surface area (Å²) in [6.07, 6.45) is 6.45. The monoisotopic (exact) mass is 521 g/mol. The van der Waals surface area contributed by atoms with Gasteiger partial charge in [-0.3, -0.25) is 14.6 Å². The molecule has 9 heteroatoms. The molecule has 0 spiro atoms. The fraction of sp³-hybridized carbons (Fsp3) is 0.167. The zero-order valence-corrected chi connectivity index (χ0v) is 21.3. The summed E-state index contributed by atoms with van der Waals surface area (Å²) in [6, 6.07) is 14.7. The number of halogens is 1.